The minimum atomic E-state index is 0.621. The fraction of sp³-hybridized carbons (Fsp3) is 0.190. The van der Waals surface area contributed by atoms with Crippen molar-refractivity contribution in [1.29, 1.82) is 0 Å². The Morgan fingerprint density at radius 3 is 2.38 bits per heavy atom. The number of fused-ring (bicyclic) bond motifs is 1. The van der Waals surface area contributed by atoms with Crippen molar-refractivity contribution in [3.8, 4) is 11.4 Å². The van der Waals surface area contributed by atoms with E-state index in [9.17, 15) is 0 Å². The normalized spacial score (nSPS) is 11.0. The molecule has 0 radical (unpaired) electrons. The minimum Gasteiger partial charge on any atom is -0.355 e. The van der Waals surface area contributed by atoms with E-state index >= 15 is 0 Å². The molecular formula is C21H21N5. The summed E-state index contributed by atoms with van der Waals surface area (Å²) >= 11 is 0. The van der Waals surface area contributed by atoms with E-state index in [1.165, 1.54) is 11.1 Å². The lowest BCUT2D eigenvalue weighted by Crippen LogP contribution is -2.20. The molecule has 2 aromatic heterocycles. The Kier molecular flexibility index (Phi) is 4.13. The molecule has 5 heteroatoms. The van der Waals surface area contributed by atoms with E-state index in [0.717, 1.165) is 23.6 Å². The fourth-order valence-electron chi connectivity index (χ4n) is 3.00. The molecule has 0 aliphatic rings. The van der Waals surface area contributed by atoms with Gasteiger partial charge in [-0.25, -0.2) is 4.98 Å². The van der Waals surface area contributed by atoms with Gasteiger partial charge in [0.2, 0.25) is 0 Å². The van der Waals surface area contributed by atoms with E-state index in [-0.39, 0.29) is 0 Å². The molecule has 0 bridgehead atoms. The third kappa shape index (κ3) is 3.16. The lowest BCUT2D eigenvalue weighted by atomic mass is 10.1. The average Bonchev–Trinajstić information content (AvgIpc) is 3.06. The fourth-order valence-corrected chi connectivity index (χ4v) is 3.00. The maximum Gasteiger partial charge on any atom is 0.254 e. The first kappa shape index (κ1) is 16.3. The van der Waals surface area contributed by atoms with Gasteiger partial charge in [0.15, 0.2) is 5.82 Å². The highest BCUT2D eigenvalue weighted by atomic mass is 15.4. The van der Waals surface area contributed by atoms with E-state index in [1.807, 2.05) is 35.7 Å². The van der Waals surface area contributed by atoms with E-state index < -0.39 is 0 Å². The van der Waals surface area contributed by atoms with Crippen molar-refractivity contribution in [2.24, 2.45) is 0 Å². The van der Waals surface area contributed by atoms with Crippen molar-refractivity contribution < 1.29 is 0 Å². The molecule has 0 saturated carbocycles. The maximum absolute atomic E-state index is 4.72. The Hall–Kier alpha value is -3.21. The lowest BCUT2D eigenvalue weighted by molar-refractivity contribution is 0.829. The zero-order chi connectivity index (χ0) is 18.1. The minimum absolute atomic E-state index is 0.621. The zero-order valence-corrected chi connectivity index (χ0v) is 15.2. The molecule has 0 saturated heterocycles. The Bertz CT molecular complexity index is 1040. The molecule has 2 aromatic carbocycles. The predicted molar refractivity (Wildman–Crippen MR) is 104 cm³/mol. The van der Waals surface area contributed by atoms with Gasteiger partial charge in [-0.05, 0) is 19.4 Å². The molecule has 26 heavy (non-hydrogen) atoms. The first-order chi connectivity index (χ1) is 12.6. The van der Waals surface area contributed by atoms with Crippen LogP contribution in [0.25, 0.3) is 17.2 Å². The Morgan fingerprint density at radius 2 is 1.65 bits per heavy atom. The summed E-state index contributed by atoms with van der Waals surface area (Å²) < 4.78 is 1.82. The van der Waals surface area contributed by atoms with Crippen molar-refractivity contribution >= 4 is 11.6 Å². The van der Waals surface area contributed by atoms with Gasteiger partial charge < -0.3 is 4.90 Å². The summed E-state index contributed by atoms with van der Waals surface area (Å²) in [5.74, 6) is 2.29. The van der Waals surface area contributed by atoms with Crippen LogP contribution in [0.4, 0.5) is 5.82 Å². The summed E-state index contributed by atoms with van der Waals surface area (Å²) in [7, 11) is 2.06. The van der Waals surface area contributed by atoms with Crippen molar-refractivity contribution in [3.05, 3.63) is 77.5 Å². The number of hydrogen-bond acceptors (Lipinski definition) is 4. The van der Waals surface area contributed by atoms with Crippen LogP contribution in [0.1, 0.15) is 16.8 Å². The van der Waals surface area contributed by atoms with Gasteiger partial charge in [0.1, 0.15) is 5.82 Å². The van der Waals surface area contributed by atoms with Gasteiger partial charge in [-0.2, -0.15) is 9.50 Å². The molecule has 4 aromatic rings. The second-order valence-corrected chi connectivity index (χ2v) is 6.61. The van der Waals surface area contributed by atoms with Crippen molar-refractivity contribution in [2.75, 3.05) is 11.9 Å². The van der Waals surface area contributed by atoms with Crippen LogP contribution in [0.3, 0.4) is 0 Å². The number of aryl methyl sites for hydroxylation is 2. The van der Waals surface area contributed by atoms with Gasteiger partial charge in [-0.1, -0.05) is 60.2 Å². The van der Waals surface area contributed by atoms with Gasteiger partial charge in [-0.3, -0.25) is 0 Å². The van der Waals surface area contributed by atoms with Crippen LogP contribution in [0.2, 0.25) is 0 Å². The molecule has 0 aliphatic heterocycles. The third-order valence-corrected chi connectivity index (χ3v) is 4.38. The third-order valence-electron chi connectivity index (χ3n) is 4.38. The van der Waals surface area contributed by atoms with Crippen LogP contribution in [0, 0.1) is 13.8 Å². The second-order valence-electron chi connectivity index (χ2n) is 6.61. The molecule has 130 valence electrons. The van der Waals surface area contributed by atoms with Crippen LogP contribution in [0.15, 0.2) is 60.7 Å². The summed E-state index contributed by atoms with van der Waals surface area (Å²) in [5.41, 5.74) is 4.39. The molecular weight excluding hydrogens is 322 g/mol. The molecule has 2 heterocycles. The highest BCUT2D eigenvalue weighted by Crippen LogP contribution is 2.21. The van der Waals surface area contributed by atoms with E-state index in [4.69, 9.17) is 5.10 Å². The Labute approximate surface area is 153 Å². The van der Waals surface area contributed by atoms with Crippen LogP contribution >= 0.6 is 0 Å². The molecule has 5 nitrogen and oxygen atoms in total. The quantitative estimate of drug-likeness (QED) is 0.561. The monoisotopic (exact) mass is 343 g/mol. The zero-order valence-electron chi connectivity index (χ0n) is 15.2. The smallest absolute Gasteiger partial charge is 0.254 e. The van der Waals surface area contributed by atoms with Gasteiger partial charge in [0.25, 0.3) is 5.78 Å². The van der Waals surface area contributed by atoms with E-state index in [1.54, 1.807) is 0 Å². The first-order valence-electron chi connectivity index (χ1n) is 8.67. The van der Waals surface area contributed by atoms with Gasteiger partial charge in [0, 0.05) is 30.9 Å². The molecule has 0 aliphatic carbocycles. The summed E-state index contributed by atoms with van der Waals surface area (Å²) in [6, 6.07) is 20.7. The summed E-state index contributed by atoms with van der Waals surface area (Å²) in [4.78, 5) is 11.4. The molecule has 0 fully saturated rings. The van der Waals surface area contributed by atoms with E-state index in [2.05, 4.69) is 65.2 Å². The van der Waals surface area contributed by atoms with Gasteiger partial charge in [0.05, 0.1) is 0 Å². The molecule has 0 spiro atoms. The molecule has 0 atom stereocenters. The lowest BCUT2D eigenvalue weighted by Gasteiger charge is -2.20. The number of aromatic nitrogens is 4. The molecule has 4 rings (SSSR count). The van der Waals surface area contributed by atoms with Crippen molar-refractivity contribution in [2.45, 2.75) is 20.4 Å². The van der Waals surface area contributed by atoms with Crippen LogP contribution in [-0.4, -0.2) is 26.6 Å². The summed E-state index contributed by atoms with van der Waals surface area (Å²) in [5, 5.41) is 4.72. The SMILES string of the molecule is Cc1ccc(-c2nc3nc(C)cc(N(C)Cc4ccccc4)n3n2)cc1. The Balaban J connectivity index is 1.75. The maximum atomic E-state index is 4.72. The highest BCUT2D eigenvalue weighted by Gasteiger charge is 2.14. The number of anilines is 1. The predicted octanol–water partition coefficient (Wildman–Crippen LogP) is 4.04. The standard InChI is InChI=1S/C21H21N5/c1-15-9-11-18(12-10-15)20-23-21-22-16(2)13-19(26(21)24-20)25(3)14-17-7-5-4-6-8-17/h4-13H,14H2,1-3H3. The molecule has 0 unspecified atom stereocenters. The van der Waals surface area contributed by atoms with Crippen molar-refractivity contribution in [3.63, 3.8) is 0 Å². The first-order valence-corrected chi connectivity index (χ1v) is 8.67. The number of benzene rings is 2. The van der Waals surface area contributed by atoms with Crippen molar-refractivity contribution in [1.82, 2.24) is 19.6 Å². The van der Waals surface area contributed by atoms with Gasteiger partial charge in [-0.15, -0.1) is 5.10 Å². The van der Waals surface area contributed by atoms with Gasteiger partial charge >= 0.3 is 0 Å². The summed E-state index contributed by atoms with van der Waals surface area (Å²) in [6.07, 6.45) is 0. The highest BCUT2D eigenvalue weighted by molar-refractivity contribution is 5.59. The number of hydrogen-bond donors (Lipinski definition) is 0. The number of rotatable bonds is 4. The average molecular weight is 343 g/mol. The Morgan fingerprint density at radius 1 is 0.923 bits per heavy atom. The number of nitrogens with zero attached hydrogens (tertiary/aromatic N) is 5. The van der Waals surface area contributed by atoms with Crippen LogP contribution in [0.5, 0.6) is 0 Å². The van der Waals surface area contributed by atoms with Crippen LogP contribution < -0.4 is 4.90 Å². The molecule has 0 N–H and O–H groups in total. The van der Waals surface area contributed by atoms with E-state index in [0.29, 0.717) is 11.6 Å². The van der Waals surface area contributed by atoms with Crippen LogP contribution in [-0.2, 0) is 6.54 Å². The second kappa shape index (κ2) is 6.59. The summed E-state index contributed by atoms with van der Waals surface area (Å²) in [6.45, 7) is 4.85. The molecule has 0 amide bonds. The topological polar surface area (TPSA) is 46.3 Å². The largest absolute Gasteiger partial charge is 0.355 e.